The fourth-order valence-corrected chi connectivity index (χ4v) is 4.30. The first-order valence-electron chi connectivity index (χ1n) is 10.7. The standard InChI is InChI=1S/C22H31N3O2/c26-21(16-9-10-16)24-18-11-12-19(22(27)23-17-7-3-4-8-17)20(15-18)25-13-5-1-2-6-14-25/h11-12,15-17H,1-10,13-14H2,(H,23,27)(H,24,26). The number of rotatable bonds is 5. The lowest BCUT2D eigenvalue weighted by Crippen LogP contribution is -2.34. The molecule has 0 atom stereocenters. The summed E-state index contributed by atoms with van der Waals surface area (Å²) in [5, 5.41) is 6.27. The van der Waals surface area contributed by atoms with Crippen molar-refractivity contribution >= 4 is 23.2 Å². The van der Waals surface area contributed by atoms with Crippen LogP contribution in [0, 0.1) is 5.92 Å². The van der Waals surface area contributed by atoms with Crippen molar-refractivity contribution in [2.24, 2.45) is 5.92 Å². The Kier molecular flexibility index (Phi) is 5.65. The molecule has 4 rings (SSSR count). The average molecular weight is 370 g/mol. The van der Waals surface area contributed by atoms with Crippen LogP contribution in [0.15, 0.2) is 18.2 Å². The molecule has 2 amide bonds. The van der Waals surface area contributed by atoms with Crippen molar-refractivity contribution in [3.05, 3.63) is 23.8 Å². The highest BCUT2D eigenvalue weighted by molar-refractivity contribution is 6.02. The molecule has 2 N–H and O–H groups in total. The van der Waals surface area contributed by atoms with E-state index in [4.69, 9.17) is 0 Å². The number of hydrogen-bond acceptors (Lipinski definition) is 3. The van der Waals surface area contributed by atoms with Crippen LogP contribution >= 0.6 is 0 Å². The summed E-state index contributed by atoms with van der Waals surface area (Å²) in [6.07, 6.45) is 11.4. The molecule has 1 aromatic carbocycles. The third-order valence-electron chi connectivity index (χ3n) is 6.10. The maximum atomic E-state index is 13.0. The van der Waals surface area contributed by atoms with E-state index in [-0.39, 0.29) is 17.7 Å². The maximum Gasteiger partial charge on any atom is 0.253 e. The lowest BCUT2D eigenvalue weighted by Gasteiger charge is -2.26. The van der Waals surface area contributed by atoms with E-state index < -0.39 is 0 Å². The number of carbonyl (C=O) groups excluding carboxylic acids is 2. The Hall–Kier alpha value is -2.04. The van der Waals surface area contributed by atoms with Crippen LogP contribution < -0.4 is 15.5 Å². The van der Waals surface area contributed by atoms with Gasteiger partial charge in [-0.2, -0.15) is 0 Å². The largest absolute Gasteiger partial charge is 0.371 e. The van der Waals surface area contributed by atoms with Crippen LogP contribution in [0.4, 0.5) is 11.4 Å². The molecule has 1 heterocycles. The average Bonchev–Trinajstić information content (AvgIpc) is 3.45. The van der Waals surface area contributed by atoms with E-state index in [1.54, 1.807) is 0 Å². The van der Waals surface area contributed by atoms with E-state index in [9.17, 15) is 9.59 Å². The van der Waals surface area contributed by atoms with Crippen LogP contribution in [-0.2, 0) is 4.79 Å². The third-order valence-corrected chi connectivity index (χ3v) is 6.10. The minimum Gasteiger partial charge on any atom is -0.371 e. The molecule has 1 aliphatic heterocycles. The first kappa shape index (κ1) is 18.3. The van der Waals surface area contributed by atoms with Gasteiger partial charge in [0.05, 0.1) is 11.3 Å². The van der Waals surface area contributed by atoms with Gasteiger partial charge in [0.25, 0.3) is 5.91 Å². The summed E-state index contributed by atoms with van der Waals surface area (Å²) in [5.41, 5.74) is 2.53. The van der Waals surface area contributed by atoms with Crippen molar-refractivity contribution in [1.82, 2.24) is 5.32 Å². The summed E-state index contributed by atoms with van der Waals surface area (Å²) in [5.74, 6) is 0.318. The Balaban J connectivity index is 1.57. The number of carbonyl (C=O) groups is 2. The molecule has 3 aliphatic rings. The molecular weight excluding hydrogens is 338 g/mol. The van der Waals surface area contributed by atoms with Gasteiger partial charge in [0.1, 0.15) is 0 Å². The highest BCUT2D eigenvalue weighted by Crippen LogP contribution is 2.32. The number of amides is 2. The molecule has 27 heavy (non-hydrogen) atoms. The molecule has 2 saturated carbocycles. The van der Waals surface area contributed by atoms with Gasteiger partial charge in [-0.3, -0.25) is 9.59 Å². The van der Waals surface area contributed by atoms with E-state index >= 15 is 0 Å². The zero-order valence-corrected chi connectivity index (χ0v) is 16.1. The van der Waals surface area contributed by atoms with Crippen molar-refractivity contribution in [1.29, 1.82) is 0 Å². The molecule has 0 spiro atoms. The van der Waals surface area contributed by atoms with E-state index in [1.165, 1.54) is 25.7 Å². The van der Waals surface area contributed by atoms with Crippen molar-refractivity contribution in [3.63, 3.8) is 0 Å². The van der Waals surface area contributed by atoms with Gasteiger partial charge in [-0.25, -0.2) is 0 Å². The number of anilines is 2. The third kappa shape index (κ3) is 4.63. The predicted octanol–water partition coefficient (Wildman–Crippen LogP) is 4.09. The van der Waals surface area contributed by atoms with Crippen LogP contribution in [0.1, 0.15) is 74.6 Å². The van der Waals surface area contributed by atoms with Gasteiger partial charge in [-0.15, -0.1) is 0 Å². The highest BCUT2D eigenvalue weighted by atomic mass is 16.2. The lowest BCUT2D eigenvalue weighted by atomic mass is 10.1. The molecule has 146 valence electrons. The number of nitrogens with one attached hydrogen (secondary N) is 2. The van der Waals surface area contributed by atoms with Gasteiger partial charge in [0.2, 0.25) is 5.91 Å². The monoisotopic (exact) mass is 369 g/mol. The number of benzene rings is 1. The van der Waals surface area contributed by atoms with Crippen LogP contribution in [-0.4, -0.2) is 30.9 Å². The Morgan fingerprint density at radius 2 is 1.59 bits per heavy atom. The Morgan fingerprint density at radius 1 is 0.889 bits per heavy atom. The van der Waals surface area contributed by atoms with Gasteiger partial charge in [0, 0.05) is 30.7 Å². The van der Waals surface area contributed by atoms with Crippen LogP contribution in [0.25, 0.3) is 0 Å². The van der Waals surface area contributed by atoms with Crippen molar-refractivity contribution < 1.29 is 9.59 Å². The van der Waals surface area contributed by atoms with Crippen LogP contribution in [0.2, 0.25) is 0 Å². The molecule has 0 unspecified atom stereocenters. The van der Waals surface area contributed by atoms with Gasteiger partial charge in [-0.1, -0.05) is 25.7 Å². The molecule has 2 aliphatic carbocycles. The van der Waals surface area contributed by atoms with Gasteiger partial charge < -0.3 is 15.5 Å². The Bertz CT molecular complexity index is 685. The maximum absolute atomic E-state index is 13.0. The zero-order valence-electron chi connectivity index (χ0n) is 16.1. The fourth-order valence-electron chi connectivity index (χ4n) is 4.30. The van der Waals surface area contributed by atoms with Crippen LogP contribution in [0.5, 0.6) is 0 Å². The second-order valence-corrected chi connectivity index (χ2v) is 8.35. The second kappa shape index (κ2) is 8.32. The number of hydrogen-bond donors (Lipinski definition) is 2. The van der Waals surface area contributed by atoms with E-state index in [0.29, 0.717) is 6.04 Å². The van der Waals surface area contributed by atoms with Gasteiger partial charge in [0.15, 0.2) is 0 Å². The quantitative estimate of drug-likeness (QED) is 0.822. The lowest BCUT2D eigenvalue weighted by molar-refractivity contribution is -0.117. The van der Waals surface area contributed by atoms with Crippen LogP contribution in [0.3, 0.4) is 0 Å². The summed E-state index contributed by atoms with van der Waals surface area (Å²) in [6.45, 7) is 1.95. The van der Waals surface area contributed by atoms with E-state index in [1.807, 2.05) is 18.2 Å². The van der Waals surface area contributed by atoms with E-state index in [0.717, 1.165) is 68.6 Å². The Morgan fingerprint density at radius 3 is 2.26 bits per heavy atom. The first-order valence-corrected chi connectivity index (χ1v) is 10.7. The SMILES string of the molecule is O=C(NC1CCCC1)c1ccc(NC(=O)C2CC2)cc1N1CCCCCC1. The van der Waals surface area contributed by atoms with E-state index in [2.05, 4.69) is 15.5 Å². The normalized spacial score (nSPS) is 21.0. The minimum atomic E-state index is 0.0289. The topological polar surface area (TPSA) is 61.4 Å². The van der Waals surface area contributed by atoms with Gasteiger partial charge in [-0.05, 0) is 56.7 Å². The highest BCUT2D eigenvalue weighted by Gasteiger charge is 2.30. The molecule has 0 radical (unpaired) electrons. The fraction of sp³-hybridized carbons (Fsp3) is 0.636. The molecule has 5 heteroatoms. The predicted molar refractivity (Wildman–Crippen MR) is 108 cm³/mol. The smallest absolute Gasteiger partial charge is 0.253 e. The van der Waals surface area contributed by atoms with Crippen molar-refractivity contribution in [2.75, 3.05) is 23.3 Å². The van der Waals surface area contributed by atoms with Crippen molar-refractivity contribution in [2.45, 2.75) is 70.3 Å². The molecule has 1 aromatic rings. The summed E-state index contributed by atoms with van der Waals surface area (Å²) in [4.78, 5) is 27.5. The van der Waals surface area contributed by atoms with Gasteiger partial charge >= 0.3 is 0 Å². The minimum absolute atomic E-state index is 0.0289. The summed E-state index contributed by atoms with van der Waals surface area (Å²) >= 11 is 0. The van der Waals surface area contributed by atoms with Crippen molar-refractivity contribution in [3.8, 4) is 0 Å². The summed E-state index contributed by atoms with van der Waals surface area (Å²) < 4.78 is 0. The molecule has 5 nitrogen and oxygen atoms in total. The molecule has 1 saturated heterocycles. The first-order chi connectivity index (χ1) is 13.2. The zero-order chi connectivity index (χ0) is 18.6. The summed E-state index contributed by atoms with van der Waals surface area (Å²) in [7, 11) is 0. The molecular formula is C22H31N3O2. The number of nitrogens with zero attached hydrogens (tertiary/aromatic N) is 1. The second-order valence-electron chi connectivity index (χ2n) is 8.35. The summed E-state index contributed by atoms with van der Waals surface area (Å²) in [6, 6.07) is 6.09. The molecule has 0 aromatic heterocycles. The molecule has 0 bridgehead atoms. The molecule has 3 fully saturated rings. The Labute approximate surface area is 161 Å².